The quantitative estimate of drug-likeness (QED) is 0.776. The van der Waals surface area contributed by atoms with Crippen LogP contribution in [0.15, 0.2) is 16.5 Å². The number of likely N-dealkylation sites (tertiary alicyclic amines) is 1. The molecule has 1 fully saturated rings. The van der Waals surface area contributed by atoms with Crippen LogP contribution in [0, 0.1) is 18.8 Å². The van der Waals surface area contributed by atoms with E-state index in [9.17, 15) is 28.2 Å². The number of urea groups is 1. The van der Waals surface area contributed by atoms with E-state index in [-0.39, 0.29) is 43.9 Å². The summed E-state index contributed by atoms with van der Waals surface area (Å²) in [5.41, 5.74) is 0. The molecule has 1 aromatic rings. The summed E-state index contributed by atoms with van der Waals surface area (Å²) in [6.07, 6.45) is -4.70. The van der Waals surface area contributed by atoms with Gasteiger partial charge in [-0.25, -0.2) is 4.79 Å². The number of aliphatic hydroxyl groups excluding tert-OH is 2. The number of carbonyl (C=O) groups excluding carboxylic acids is 1. The number of halogens is 3. The highest BCUT2D eigenvalue weighted by atomic mass is 19.4. The lowest BCUT2D eigenvalue weighted by Crippen LogP contribution is -2.45. The van der Waals surface area contributed by atoms with Crippen molar-refractivity contribution in [1.82, 2.24) is 10.2 Å². The van der Waals surface area contributed by atoms with E-state index in [4.69, 9.17) is 4.42 Å². The summed E-state index contributed by atoms with van der Waals surface area (Å²) in [7, 11) is 0. The van der Waals surface area contributed by atoms with Gasteiger partial charge in [0.25, 0.3) is 0 Å². The molecule has 2 rings (SSSR count). The largest absolute Gasteiger partial charge is 0.464 e. The highest BCUT2D eigenvalue weighted by Crippen LogP contribution is 2.34. The molecule has 2 amide bonds. The first-order valence-corrected chi connectivity index (χ1v) is 7.16. The van der Waals surface area contributed by atoms with E-state index < -0.39 is 18.2 Å². The fourth-order valence-electron chi connectivity index (χ4n) is 2.66. The third-order valence-corrected chi connectivity index (χ3v) is 3.97. The summed E-state index contributed by atoms with van der Waals surface area (Å²) in [6.45, 7) is 1.21. The molecule has 0 aliphatic carbocycles. The molecule has 1 aliphatic heterocycles. The molecule has 1 aromatic heterocycles. The van der Waals surface area contributed by atoms with Gasteiger partial charge in [0, 0.05) is 38.1 Å². The minimum atomic E-state index is -4.70. The van der Waals surface area contributed by atoms with Gasteiger partial charge in [-0.05, 0) is 19.1 Å². The number of rotatable bonds is 4. The molecule has 9 heteroatoms. The normalized spacial score (nSPS) is 23.1. The predicted molar refractivity (Wildman–Crippen MR) is 73.5 cm³/mol. The average Bonchev–Trinajstić information content (AvgIpc) is 3.08. The second-order valence-corrected chi connectivity index (χ2v) is 5.66. The maximum Gasteiger partial charge on any atom is 0.416 e. The van der Waals surface area contributed by atoms with Gasteiger partial charge in [-0.1, -0.05) is 0 Å². The van der Waals surface area contributed by atoms with E-state index in [1.807, 2.05) is 5.32 Å². The zero-order chi connectivity index (χ0) is 17.2. The molecule has 0 bridgehead atoms. The lowest BCUT2D eigenvalue weighted by Gasteiger charge is -2.24. The fraction of sp³-hybridized carbons (Fsp3) is 0.643. The van der Waals surface area contributed by atoms with Gasteiger partial charge in [0.15, 0.2) is 6.04 Å². The Morgan fingerprint density at radius 3 is 2.30 bits per heavy atom. The lowest BCUT2D eigenvalue weighted by atomic mass is 9.98. The van der Waals surface area contributed by atoms with Crippen LogP contribution in [-0.2, 0) is 0 Å². The molecule has 2 heterocycles. The number of carbonyl (C=O) groups is 1. The van der Waals surface area contributed by atoms with E-state index in [0.717, 1.165) is 4.90 Å². The van der Waals surface area contributed by atoms with Crippen LogP contribution in [0.1, 0.15) is 17.6 Å². The molecule has 130 valence electrons. The van der Waals surface area contributed by atoms with E-state index in [1.165, 1.54) is 19.1 Å². The van der Waals surface area contributed by atoms with Crippen LogP contribution in [0.25, 0.3) is 0 Å². The molecular formula is C14H19F3N2O4. The number of nitrogens with zero attached hydrogens (tertiary/aromatic N) is 1. The molecular weight excluding hydrogens is 317 g/mol. The maximum atomic E-state index is 13.2. The third-order valence-electron chi connectivity index (χ3n) is 3.97. The summed E-state index contributed by atoms with van der Waals surface area (Å²) >= 11 is 0. The van der Waals surface area contributed by atoms with Crippen LogP contribution in [0.2, 0.25) is 0 Å². The van der Waals surface area contributed by atoms with Crippen molar-refractivity contribution in [2.24, 2.45) is 11.8 Å². The fourth-order valence-corrected chi connectivity index (χ4v) is 2.66. The highest BCUT2D eigenvalue weighted by molar-refractivity contribution is 5.75. The predicted octanol–water partition coefficient (Wildman–Crippen LogP) is 1.43. The minimum Gasteiger partial charge on any atom is -0.464 e. The number of hydrogen-bond acceptors (Lipinski definition) is 4. The minimum absolute atomic E-state index is 0.0926. The van der Waals surface area contributed by atoms with Crippen LogP contribution >= 0.6 is 0 Å². The number of aryl methyl sites for hydroxylation is 1. The molecule has 0 spiro atoms. The SMILES string of the molecule is Cc1ccc(C(NC(=O)N2C[C@@H](CO)[C@H](CO)C2)C(F)(F)F)o1. The molecule has 3 N–H and O–H groups in total. The van der Waals surface area contributed by atoms with Crippen LogP contribution < -0.4 is 5.32 Å². The smallest absolute Gasteiger partial charge is 0.416 e. The van der Waals surface area contributed by atoms with Crippen LogP contribution in [0.4, 0.5) is 18.0 Å². The second-order valence-electron chi connectivity index (χ2n) is 5.66. The number of alkyl halides is 3. The Labute approximate surface area is 130 Å². The zero-order valence-corrected chi connectivity index (χ0v) is 12.5. The van der Waals surface area contributed by atoms with Gasteiger partial charge >= 0.3 is 12.2 Å². The Hall–Kier alpha value is -1.74. The number of amides is 2. The first kappa shape index (κ1) is 17.6. The summed E-state index contributed by atoms with van der Waals surface area (Å²) in [5.74, 6) is -0.771. The summed E-state index contributed by atoms with van der Waals surface area (Å²) < 4.78 is 44.5. The summed E-state index contributed by atoms with van der Waals surface area (Å²) in [5, 5.41) is 20.3. The lowest BCUT2D eigenvalue weighted by molar-refractivity contribution is -0.159. The van der Waals surface area contributed by atoms with Crippen molar-refractivity contribution in [3.63, 3.8) is 0 Å². The number of furan rings is 1. The number of nitrogens with one attached hydrogen (secondary N) is 1. The van der Waals surface area contributed by atoms with Crippen molar-refractivity contribution >= 4 is 6.03 Å². The van der Waals surface area contributed by atoms with Crippen LogP contribution in [0.5, 0.6) is 0 Å². The van der Waals surface area contributed by atoms with E-state index in [2.05, 4.69) is 0 Å². The van der Waals surface area contributed by atoms with Gasteiger partial charge in [-0.3, -0.25) is 0 Å². The first-order valence-electron chi connectivity index (χ1n) is 7.16. The average molecular weight is 336 g/mol. The number of aliphatic hydroxyl groups is 2. The summed E-state index contributed by atoms with van der Waals surface area (Å²) in [6, 6.07) is -0.593. The van der Waals surface area contributed by atoms with Gasteiger partial charge < -0.3 is 24.8 Å². The molecule has 1 aliphatic rings. The van der Waals surface area contributed by atoms with Gasteiger partial charge in [0.05, 0.1) is 0 Å². The monoisotopic (exact) mass is 336 g/mol. The van der Waals surface area contributed by atoms with Crippen molar-refractivity contribution in [2.75, 3.05) is 26.3 Å². The molecule has 23 heavy (non-hydrogen) atoms. The Morgan fingerprint density at radius 1 is 1.35 bits per heavy atom. The standard InChI is InChI=1S/C14H19F3N2O4/c1-8-2-3-11(23-8)12(14(15,16)17)18-13(22)19-4-9(6-20)10(5-19)7-21/h2-3,9-10,12,20-21H,4-7H2,1H3,(H,18,22)/t9-,10-,12?/m0/s1. The van der Waals surface area contributed by atoms with Crippen molar-refractivity contribution in [3.8, 4) is 0 Å². The third kappa shape index (κ3) is 3.97. The maximum absolute atomic E-state index is 13.2. The van der Waals surface area contributed by atoms with E-state index in [0.29, 0.717) is 5.76 Å². The first-order chi connectivity index (χ1) is 10.8. The zero-order valence-electron chi connectivity index (χ0n) is 12.5. The number of hydrogen-bond donors (Lipinski definition) is 3. The Morgan fingerprint density at radius 2 is 1.91 bits per heavy atom. The second kappa shape index (κ2) is 6.79. The van der Waals surface area contributed by atoms with Crippen molar-refractivity contribution < 1.29 is 32.6 Å². The molecule has 0 saturated carbocycles. The van der Waals surface area contributed by atoms with Crippen molar-refractivity contribution in [2.45, 2.75) is 19.1 Å². The highest BCUT2D eigenvalue weighted by Gasteiger charge is 2.45. The molecule has 1 unspecified atom stereocenters. The van der Waals surface area contributed by atoms with Crippen molar-refractivity contribution in [1.29, 1.82) is 0 Å². The Kier molecular flexibility index (Phi) is 5.20. The topological polar surface area (TPSA) is 85.9 Å². The molecule has 0 radical (unpaired) electrons. The van der Waals surface area contributed by atoms with E-state index in [1.54, 1.807) is 0 Å². The van der Waals surface area contributed by atoms with Gasteiger partial charge in [0.1, 0.15) is 11.5 Å². The molecule has 3 atom stereocenters. The Balaban J connectivity index is 2.10. The van der Waals surface area contributed by atoms with Crippen LogP contribution in [0.3, 0.4) is 0 Å². The van der Waals surface area contributed by atoms with Gasteiger partial charge in [-0.2, -0.15) is 13.2 Å². The summed E-state index contributed by atoms with van der Waals surface area (Å²) in [4.78, 5) is 13.3. The van der Waals surface area contributed by atoms with Crippen LogP contribution in [-0.4, -0.2) is 53.6 Å². The Bertz CT molecular complexity index is 534. The van der Waals surface area contributed by atoms with Crippen molar-refractivity contribution in [3.05, 3.63) is 23.7 Å². The molecule has 1 saturated heterocycles. The molecule has 6 nitrogen and oxygen atoms in total. The molecule has 0 aromatic carbocycles. The van der Waals surface area contributed by atoms with Gasteiger partial charge in [-0.15, -0.1) is 0 Å². The van der Waals surface area contributed by atoms with E-state index >= 15 is 0 Å². The van der Waals surface area contributed by atoms with Gasteiger partial charge in [0.2, 0.25) is 0 Å².